The molecule has 0 bridgehead atoms. The first-order valence-corrected chi connectivity index (χ1v) is 11.3. The van der Waals surface area contributed by atoms with Gasteiger partial charge in [-0.15, -0.1) is 0 Å². The van der Waals surface area contributed by atoms with Gasteiger partial charge in [-0.2, -0.15) is 4.31 Å². The molecule has 2 fully saturated rings. The van der Waals surface area contributed by atoms with E-state index >= 15 is 0 Å². The monoisotopic (exact) mass is 410 g/mol. The number of morpholine rings is 1. The maximum absolute atomic E-state index is 13.0. The molecular formula is C19H26N2O6S. The molecule has 0 aromatic heterocycles. The maximum Gasteiger partial charge on any atom is 0.267 e. The fourth-order valence-electron chi connectivity index (χ4n) is 3.75. The molecule has 3 heterocycles. The van der Waals surface area contributed by atoms with Gasteiger partial charge in [0, 0.05) is 32.2 Å². The third-order valence-electron chi connectivity index (χ3n) is 5.38. The van der Waals surface area contributed by atoms with E-state index in [1.54, 1.807) is 15.3 Å². The Balaban J connectivity index is 1.48. The highest BCUT2D eigenvalue weighted by molar-refractivity contribution is 7.89. The first-order valence-electron chi connectivity index (χ1n) is 9.86. The molecular weight excluding hydrogens is 384 g/mol. The number of nitrogens with zero attached hydrogens (tertiary/aromatic N) is 2. The van der Waals surface area contributed by atoms with E-state index < -0.39 is 16.1 Å². The summed E-state index contributed by atoms with van der Waals surface area (Å²) in [5.41, 5.74) is 0. The second kappa shape index (κ2) is 8.26. The van der Waals surface area contributed by atoms with Crippen LogP contribution in [0.4, 0.5) is 0 Å². The number of fused-ring (bicyclic) bond motifs is 1. The van der Waals surface area contributed by atoms with E-state index in [0.29, 0.717) is 50.9 Å². The molecule has 1 aromatic rings. The minimum absolute atomic E-state index is 0.0659. The summed E-state index contributed by atoms with van der Waals surface area (Å²) < 4.78 is 44.3. The topological polar surface area (TPSA) is 85.4 Å². The highest BCUT2D eigenvalue weighted by Crippen LogP contribution is 2.35. The number of hydrogen-bond donors (Lipinski definition) is 0. The van der Waals surface area contributed by atoms with Crippen molar-refractivity contribution in [1.82, 2.24) is 9.21 Å². The van der Waals surface area contributed by atoms with Gasteiger partial charge in [0.15, 0.2) is 11.5 Å². The molecule has 0 radical (unpaired) electrons. The fraction of sp³-hybridized carbons (Fsp3) is 0.632. The molecule has 154 valence electrons. The molecule has 2 saturated heterocycles. The van der Waals surface area contributed by atoms with Crippen molar-refractivity contribution in [1.29, 1.82) is 0 Å². The standard InChI is InChI=1S/C19H26N2O6S/c22-19(20-9-11-25-12-10-20)18-14-26-17-13-15(5-6-16(17)27-18)28(23,24)21-7-3-1-2-4-8-21/h5-6,13,18H,1-4,7-12,14H2. The molecule has 0 N–H and O–H groups in total. The zero-order chi connectivity index (χ0) is 19.6. The number of ether oxygens (including phenoxy) is 3. The second-order valence-electron chi connectivity index (χ2n) is 7.28. The van der Waals surface area contributed by atoms with Gasteiger partial charge in [0.2, 0.25) is 16.1 Å². The Morgan fingerprint density at radius 2 is 1.68 bits per heavy atom. The van der Waals surface area contributed by atoms with Crippen LogP contribution in [-0.2, 0) is 19.6 Å². The lowest BCUT2D eigenvalue weighted by molar-refractivity contribution is -0.145. The predicted molar refractivity (Wildman–Crippen MR) is 101 cm³/mol. The number of hydrogen-bond acceptors (Lipinski definition) is 6. The first kappa shape index (κ1) is 19.5. The van der Waals surface area contributed by atoms with Crippen molar-refractivity contribution in [2.75, 3.05) is 46.0 Å². The second-order valence-corrected chi connectivity index (χ2v) is 9.22. The molecule has 8 nitrogen and oxygen atoms in total. The van der Waals surface area contributed by atoms with Gasteiger partial charge in [-0.1, -0.05) is 12.8 Å². The van der Waals surface area contributed by atoms with E-state index in [9.17, 15) is 13.2 Å². The van der Waals surface area contributed by atoms with Crippen LogP contribution in [0.2, 0.25) is 0 Å². The minimum Gasteiger partial charge on any atom is -0.485 e. The molecule has 28 heavy (non-hydrogen) atoms. The lowest BCUT2D eigenvalue weighted by Crippen LogP contribution is -2.50. The highest BCUT2D eigenvalue weighted by atomic mass is 32.2. The van der Waals surface area contributed by atoms with Crippen LogP contribution in [0.25, 0.3) is 0 Å². The molecule has 0 spiro atoms. The Bertz CT molecular complexity index is 814. The van der Waals surface area contributed by atoms with E-state index in [1.807, 2.05) is 0 Å². The molecule has 4 rings (SSSR count). The number of carbonyl (C=O) groups excluding carboxylic acids is 1. The number of sulfonamides is 1. The van der Waals surface area contributed by atoms with Crippen molar-refractivity contribution in [3.63, 3.8) is 0 Å². The zero-order valence-corrected chi connectivity index (χ0v) is 16.7. The zero-order valence-electron chi connectivity index (χ0n) is 15.8. The fourth-order valence-corrected chi connectivity index (χ4v) is 5.28. The van der Waals surface area contributed by atoms with Crippen LogP contribution in [0.5, 0.6) is 11.5 Å². The van der Waals surface area contributed by atoms with Gasteiger partial charge in [-0.3, -0.25) is 4.79 Å². The maximum atomic E-state index is 13.0. The van der Waals surface area contributed by atoms with Gasteiger partial charge in [0.25, 0.3) is 5.91 Å². The van der Waals surface area contributed by atoms with Gasteiger partial charge in [0.05, 0.1) is 18.1 Å². The van der Waals surface area contributed by atoms with Gasteiger partial charge in [-0.25, -0.2) is 8.42 Å². The number of benzene rings is 1. The summed E-state index contributed by atoms with van der Waals surface area (Å²) in [6, 6.07) is 4.62. The average Bonchev–Trinajstić information content (AvgIpc) is 3.03. The van der Waals surface area contributed by atoms with Gasteiger partial charge < -0.3 is 19.1 Å². The Hall–Kier alpha value is -1.84. The first-order chi connectivity index (χ1) is 13.6. The Morgan fingerprint density at radius 1 is 0.964 bits per heavy atom. The number of rotatable bonds is 3. The number of carbonyl (C=O) groups is 1. The smallest absolute Gasteiger partial charge is 0.267 e. The van der Waals surface area contributed by atoms with Crippen molar-refractivity contribution >= 4 is 15.9 Å². The van der Waals surface area contributed by atoms with Crippen molar-refractivity contribution in [2.24, 2.45) is 0 Å². The van der Waals surface area contributed by atoms with E-state index in [2.05, 4.69) is 0 Å². The van der Waals surface area contributed by atoms with E-state index in [0.717, 1.165) is 25.7 Å². The average molecular weight is 410 g/mol. The van der Waals surface area contributed by atoms with E-state index in [4.69, 9.17) is 14.2 Å². The summed E-state index contributed by atoms with van der Waals surface area (Å²) in [4.78, 5) is 14.5. The van der Waals surface area contributed by atoms with Gasteiger partial charge in [0.1, 0.15) is 6.61 Å². The summed E-state index contributed by atoms with van der Waals surface area (Å²) in [7, 11) is -3.56. The van der Waals surface area contributed by atoms with Gasteiger partial charge in [-0.05, 0) is 25.0 Å². The largest absolute Gasteiger partial charge is 0.485 e. The lowest BCUT2D eigenvalue weighted by atomic mass is 10.2. The third kappa shape index (κ3) is 3.97. The molecule has 3 aliphatic rings. The van der Waals surface area contributed by atoms with Crippen LogP contribution in [0, 0.1) is 0 Å². The van der Waals surface area contributed by atoms with Crippen molar-refractivity contribution in [2.45, 2.75) is 36.7 Å². The molecule has 1 aromatic carbocycles. The van der Waals surface area contributed by atoms with Crippen LogP contribution < -0.4 is 9.47 Å². The minimum atomic E-state index is -3.56. The van der Waals surface area contributed by atoms with Crippen LogP contribution in [0.3, 0.4) is 0 Å². The Labute approximate surface area is 165 Å². The molecule has 0 aliphatic carbocycles. The lowest BCUT2D eigenvalue weighted by Gasteiger charge is -2.32. The molecule has 9 heteroatoms. The van der Waals surface area contributed by atoms with Crippen LogP contribution in [-0.4, -0.2) is 75.6 Å². The molecule has 1 amide bonds. The van der Waals surface area contributed by atoms with Gasteiger partial charge >= 0.3 is 0 Å². The third-order valence-corrected chi connectivity index (χ3v) is 7.27. The van der Waals surface area contributed by atoms with Crippen LogP contribution >= 0.6 is 0 Å². The van der Waals surface area contributed by atoms with E-state index in [-0.39, 0.29) is 17.4 Å². The highest BCUT2D eigenvalue weighted by Gasteiger charge is 2.33. The predicted octanol–water partition coefficient (Wildman–Crippen LogP) is 1.25. The SMILES string of the molecule is O=C(C1COc2cc(S(=O)(=O)N3CCCCCC3)ccc2O1)N1CCOCC1. The van der Waals surface area contributed by atoms with E-state index in [1.165, 1.54) is 12.1 Å². The number of amides is 1. The molecule has 0 saturated carbocycles. The van der Waals surface area contributed by atoms with Crippen LogP contribution in [0.15, 0.2) is 23.1 Å². The van der Waals surface area contributed by atoms with Crippen molar-refractivity contribution in [3.05, 3.63) is 18.2 Å². The molecule has 3 aliphatic heterocycles. The summed E-state index contributed by atoms with van der Waals surface area (Å²) >= 11 is 0. The Morgan fingerprint density at radius 3 is 2.39 bits per heavy atom. The summed E-state index contributed by atoms with van der Waals surface area (Å²) in [6.45, 7) is 3.29. The normalized spacial score (nSPS) is 23.9. The van der Waals surface area contributed by atoms with Crippen molar-refractivity contribution < 1.29 is 27.4 Å². The molecule has 1 atom stereocenters. The molecule has 1 unspecified atom stereocenters. The summed E-state index contributed by atoms with van der Waals surface area (Å²) in [5, 5.41) is 0. The Kier molecular flexibility index (Phi) is 5.75. The quantitative estimate of drug-likeness (QED) is 0.746. The summed E-state index contributed by atoms with van der Waals surface area (Å²) in [6.07, 6.45) is 3.17. The van der Waals surface area contributed by atoms with Crippen molar-refractivity contribution in [3.8, 4) is 11.5 Å². The van der Waals surface area contributed by atoms with Crippen LogP contribution in [0.1, 0.15) is 25.7 Å². The summed E-state index contributed by atoms with van der Waals surface area (Å²) in [5.74, 6) is 0.629.